The first-order valence-corrected chi connectivity index (χ1v) is 4.85. The standard InChI is InChI=1S/C12H14N2O2/c1-4-11(16)14-10-7-5-6-8(2)12(10)13-9(3)15/h4-7H,1H2,2-3H3,(H,13,15)(H,14,16). The number of amides is 2. The number of carbonyl (C=O) groups is 2. The Kier molecular flexibility index (Phi) is 3.83. The van der Waals surface area contributed by atoms with Gasteiger partial charge in [-0.3, -0.25) is 9.59 Å². The van der Waals surface area contributed by atoms with E-state index in [4.69, 9.17) is 0 Å². The van der Waals surface area contributed by atoms with Gasteiger partial charge in [-0.1, -0.05) is 18.7 Å². The number of aryl methyl sites for hydroxylation is 1. The maximum absolute atomic E-state index is 11.2. The van der Waals surface area contributed by atoms with Gasteiger partial charge in [-0.25, -0.2) is 0 Å². The summed E-state index contributed by atoms with van der Waals surface area (Å²) >= 11 is 0. The van der Waals surface area contributed by atoms with Crippen LogP contribution in [-0.2, 0) is 9.59 Å². The molecular formula is C12H14N2O2. The number of para-hydroxylation sites is 1. The van der Waals surface area contributed by atoms with Crippen LogP contribution < -0.4 is 10.6 Å². The van der Waals surface area contributed by atoms with Crippen LogP contribution in [0.15, 0.2) is 30.9 Å². The molecule has 0 heterocycles. The van der Waals surface area contributed by atoms with Gasteiger partial charge in [0.15, 0.2) is 0 Å². The molecule has 0 saturated heterocycles. The normalized spacial score (nSPS) is 9.38. The Morgan fingerprint density at radius 2 is 2.00 bits per heavy atom. The number of anilines is 2. The van der Waals surface area contributed by atoms with Crippen molar-refractivity contribution < 1.29 is 9.59 Å². The Morgan fingerprint density at radius 3 is 2.56 bits per heavy atom. The van der Waals surface area contributed by atoms with Gasteiger partial charge < -0.3 is 10.6 Å². The molecule has 0 atom stereocenters. The zero-order valence-corrected chi connectivity index (χ0v) is 9.33. The smallest absolute Gasteiger partial charge is 0.247 e. The molecule has 0 aromatic heterocycles. The number of hydrogen-bond acceptors (Lipinski definition) is 2. The number of nitrogens with one attached hydrogen (secondary N) is 2. The van der Waals surface area contributed by atoms with Crippen LogP contribution in [0.5, 0.6) is 0 Å². The zero-order chi connectivity index (χ0) is 12.1. The van der Waals surface area contributed by atoms with Crippen molar-refractivity contribution >= 4 is 23.2 Å². The summed E-state index contributed by atoms with van der Waals surface area (Å²) in [5, 5.41) is 5.32. The van der Waals surface area contributed by atoms with Crippen LogP contribution in [-0.4, -0.2) is 11.8 Å². The molecule has 0 radical (unpaired) electrons. The lowest BCUT2D eigenvalue weighted by atomic mass is 10.1. The van der Waals surface area contributed by atoms with Crippen molar-refractivity contribution in [3.63, 3.8) is 0 Å². The van der Waals surface area contributed by atoms with Crippen molar-refractivity contribution in [1.29, 1.82) is 0 Å². The number of hydrogen-bond donors (Lipinski definition) is 2. The average Bonchev–Trinajstić information content (AvgIpc) is 2.22. The van der Waals surface area contributed by atoms with Crippen LogP contribution in [0.2, 0.25) is 0 Å². The van der Waals surface area contributed by atoms with Gasteiger partial charge in [0.05, 0.1) is 11.4 Å². The fraction of sp³-hybridized carbons (Fsp3) is 0.167. The molecule has 1 rings (SSSR count). The topological polar surface area (TPSA) is 58.2 Å². The van der Waals surface area contributed by atoms with E-state index in [9.17, 15) is 9.59 Å². The summed E-state index contributed by atoms with van der Waals surface area (Å²) in [7, 11) is 0. The molecule has 0 aliphatic heterocycles. The van der Waals surface area contributed by atoms with E-state index in [0.717, 1.165) is 5.56 Å². The van der Waals surface area contributed by atoms with Gasteiger partial charge in [-0.05, 0) is 24.6 Å². The summed E-state index contributed by atoms with van der Waals surface area (Å²) in [6, 6.07) is 5.38. The van der Waals surface area contributed by atoms with E-state index in [0.29, 0.717) is 11.4 Å². The molecule has 0 bridgehead atoms. The predicted molar refractivity (Wildman–Crippen MR) is 64.3 cm³/mol. The van der Waals surface area contributed by atoms with Gasteiger partial charge in [0, 0.05) is 6.92 Å². The Hall–Kier alpha value is -2.10. The van der Waals surface area contributed by atoms with E-state index in [2.05, 4.69) is 17.2 Å². The third kappa shape index (κ3) is 2.95. The van der Waals surface area contributed by atoms with Gasteiger partial charge in [0.1, 0.15) is 0 Å². The van der Waals surface area contributed by atoms with Crippen LogP contribution in [0.25, 0.3) is 0 Å². The van der Waals surface area contributed by atoms with E-state index in [1.54, 1.807) is 12.1 Å². The molecule has 0 saturated carbocycles. The summed E-state index contributed by atoms with van der Waals surface area (Å²) < 4.78 is 0. The average molecular weight is 218 g/mol. The third-order valence-corrected chi connectivity index (χ3v) is 2.02. The van der Waals surface area contributed by atoms with Crippen molar-refractivity contribution in [3.8, 4) is 0 Å². The number of carbonyl (C=O) groups excluding carboxylic acids is 2. The molecule has 4 heteroatoms. The molecule has 0 unspecified atom stereocenters. The van der Waals surface area contributed by atoms with Crippen molar-refractivity contribution in [3.05, 3.63) is 36.4 Å². The highest BCUT2D eigenvalue weighted by Gasteiger charge is 2.08. The second-order valence-electron chi connectivity index (χ2n) is 3.37. The first-order valence-electron chi connectivity index (χ1n) is 4.85. The fourth-order valence-electron chi connectivity index (χ4n) is 1.30. The monoisotopic (exact) mass is 218 g/mol. The van der Waals surface area contributed by atoms with Crippen molar-refractivity contribution in [2.24, 2.45) is 0 Å². The SMILES string of the molecule is C=CC(=O)Nc1cccc(C)c1NC(C)=O. The van der Waals surface area contributed by atoms with E-state index in [1.807, 2.05) is 13.0 Å². The highest BCUT2D eigenvalue weighted by molar-refractivity contribution is 6.03. The Morgan fingerprint density at radius 1 is 1.31 bits per heavy atom. The van der Waals surface area contributed by atoms with Crippen molar-refractivity contribution in [1.82, 2.24) is 0 Å². The summed E-state index contributed by atoms with van der Waals surface area (Å²) in [4.78, 5) is 22.2. The van der Waals surface area contributed by atoms with Crippen molar-refractivity contribution in [2.45, 2.75) is 13.8 Å². The Bertz CT molecular complexity index is 439. The summed E-state index contributed by atoms with van der Waals surface area (Å²) in [6.45, 7) is 6.65. The molecule has 0 aliphatic rings. The first-order chi connectivity index (χ1) is 7.54. The lowest BCUT2D eigenvalue weighted by Crippen LogP contribution is -2.13. The summed E-state index contributed by atoms with van der Waals surface area (Å²) in [5.74, 6) is -0.486. The summed E-state index contributed by atoms with van der Waals surface area (Å²) in [6.07, 6.45) is 1.18. The predicted octanol–water partition coefficient (Wildman–Crippen LogP) is 2.08. The summed E-state index contributed by atoms with van der Waals surface area (Å²) in [5.41, 5.74) is 2.07. The Balaban J connectivity index is 3.06. The fourth-order valence-corrected chi connectivity index (χ4v) is 1.30. The second kappa shape index (κ2) is 5.11. The van der Waals surface area contributed by atoms with Crippen LogP contribution >= 0.6 is 0 Å². The zero-order valence-electron chi connectivity index (χ0n) is 9.33. The molecule has 1 aromatic carbocycles. The van der Waals surface area contributed by atoms with E-state index in [1.165, 1.54) is 13.0 Å². The van der Waals surface area contributed by atoms with Crippen LogP contribution in [0.3, 0.4) is 0 Å². The lowest BCUT2D eigenvalue weighted by Gasteiger charge is -2.12. The molecule has 1 aromatic rings. The molecule has 2 N–H and O–H groups in total. The van der Waals surface area contributed by atoms with Crippen LogP contribution in [0, 0.1) is 6.92 Å². The van der Waals surface area contributed by atoms with Crippen molar-refractivity contribution in [2.75, 3.05) is 10.6 Å². The minimum absolute atomic E-state index is 0.177. The van der Waals surface area contributed by atoms with Gasteiger partial charge in [0.2, 0.25) is 11.8 Å². The molecule has 0 spiro atoms. The van der Waals surface area contributed by atoms with Gasteiger partial charge >= 0.3 is 0 Å². The highest BCUT2D eigenvalue weighted by atomic mass is 16.2. The number of benzene rings is 1. The van der Waals surface area contributed by atoms with Gasteiger partial charge in [-0.2, -0.15) is 0 Å². The van der Waals surface area contributed by atoms with Gasteiger partial charge in [0.25, 0.3) is 0 Å². The highest BCUT2D eigenvalue weighted by Crippen LogP contribution is 2.25. The molecule has 2 amide bonds. The second-order valence-corrected chi connectivity index (χ2v) is 3.37. The van der Waals surface area contributed by atoms with Crippen LogP contribution in [0.1, 0.15) is 12.5 Å². The Labute approximate surface area is 94.4 Å². The molecule has 0 fully saturated rings. The minimum atomic E-state index is -0.308. The maximum Gasteiger partial charge on any atom is 0.247 e. The molecule has 16 heavy (non-hydrogen) atoms. The van der Waals surface area contributed by atoms with E-state index < -0.39 is 0 Å². The molecule has 0 aliphatic carbocycles. The largest absolute Gasteiger partial charge is 0.324 e. The first kappa shape index (κ1) is 12.0. The molecule has 84 valence electrons. The van der Waals surface area contributed by atoms with Gasteiger partial charge in [-0.15, -0.1) is 0 Å². The third-order valence-electron chi connectivity index (χ3n) is 2.02. The lowest BCUT2D eigenvalue weighted by molar-refractivity contribution is -0.114. The van der Waals surface area contributed by atoms with Crippen LogP contribution in [0.4, 0.5) is 11.4 Å². The van der Waals surface area contributed by atoms with E-state index in [-0.39, 0.29) is 11.8 Å². The number of rotatable bonds is 3. The maximum atomic E-state index is 11.2. The molecular weight excluding hydrogens is 204 g/mol. The molecule has 4 nitrogen and oxygen atoms in total. The van der Waals surface area contributed by atoms with E-state index >= 15 is 0 Å². The minimum Gasteiger partial charge on any atom is -0.324 e. The quantitative estimate of drug-likeness (QED) is 0.763.